The fourth-order valence-electron chi connectivity index (χ4n) is 8.11. The Morgan fingerprint density at radius 3 is 2.48 bits per heavy atom. The highest BCUT2D eigenvalue weighted by Gasteiger charge is 2.49. The van der Waals surface area contributed by atoms with Crippen LogP contribution in [0.5, 0.6) is 5.75 Å². The van der Waals surface area contributed by atoms with E-state index in [1.807, 2.05) is 13.8 Å². The molecule has 3 atom stereocenters. The average Bonchev–Trinajstić information content (AvgIpc) is 4.04. The summed E-state index contributed by atoms with van der Waals surface area (Å²) >= 11 is 0. The summed E-state index contributed by atoms with van der Waals surface area (Å²) in [6.07, 6.45) is 2.55. The number of carbonyl (C=O) groups is 2. The average molecular weight is 738 g/mol. The molecule has 3 aliphatic heterocycles. The zero-order chi connectivity index (χ0) is 36.6. The Kier molecular flexibility index (Phi) is 8.83. The van der Waals surface area contributed by atoms with Gasteiger partial charge in [0.1, 0.15) is 17.1 Å². The monoisotopic (exact) mass is 737 g/mol. The Morgan fingerprint density at radius 2 is 1.77 bits per heavy atom. The molecule has 52 heavy (non-hydrogen) atoms. The Balaban J connectivity index is 1.05. The third-order valence-corrected chi connectivity index (χ3v) is 12.8. The maximum absolute atomic E-state index is 15.8. The number of fused-ring (bicyclic) bond motifs is 4. The summed E-state index contributed by atoms with van der Waals surface area (Å²) in [5.74, 6) is -2.13. The van der Waals surface area contributed by atoms with E-state index >= 15 is 4.39 Å². The van der Waals surface area contributed by atoms with Gasteiger partial charge in [-0.3, -0.25) is 14.5 Å². The molecule has 1 N–H and O–H groups in total. The van der Waals surface area contributed by atoms with Gasteiger partial charge in [-0.15, -0.1) is 0 Å². The second-order valence-electron chi connectivity index (χ2n) is 15.1. The number of rotatable bonds is 9. The lowest BCUT2D eigenvalue weighted by molar-refractivity contribution is 0.0726. The van der Waals surface area contributed by atoms with E-state index < -0.39 is 33.5 Å². The molecule has 15 heteroatoms. The normalized spacial score (nSPS) is 23.4. The lowest BCUT2D eigenvalue weighted by Gasteiger charge is -2.41. The SMILES string of the molecule is COC[C@H]1CN(c2cc(C)c3c4c(c(=O)oc3c2C)CN(C(=O)c2cc(OC3CC3)c(C(=O)NS(=O)(=O)N3CC5CC5C3)cc2F)CC4)CCN1C. The minimum Gasteiger partial charge on any atom is -0.490 e. The maximum atomic E-state index is 15.8. The van der Waals surface area contributed by atoms with Gasteiger partial charge in [0.05, 0.1) is 42.0 Å². The number of amides is 2. The minimum absolute atomic E-state index is 0.0667. The van der Waals surface area contributed by atoms with Crippen molar-refractivity contribution in [2.75, 3.05) is 64.9 Å². The van der Waals surface area contributed by atoms with Crippen LogP contribution in [0.4, 0.5) is 10.1 Å². The van der Waals surface area contributed by atoms with Crippen LogP contribution >= 0.6 is 0 Å². The fraction of sp³-hybridized carbons (Fsp3) is 0.541. The molecular formula is C37H44FN5O8S. The summed E-state index contributed by atoms with van der Waals surface area (Å²) in [5, 5.41) is 0.855. The van der Waals surface area contributed by atoms with Gasteiger partial charge in [-0.1, -0.05) is 0 Å². The van der Waals surface area contributed by atoms with Crippen LogP contribution in [-0.2, 0) is 27.9 Å². The lowest BCUT2D eigenvalue weighted by Crippen LogP contribution is -2.53. The number of anilines is 1. The quantitative estimate of drug-likeness (QED) is 0.326. The molecule has 4 fully saturated rings. The molecule has 2 unspecified atom stereocenters. The van der Waals surface area contributed by atoms with Gasteiger partial charge in [0.25, 0.3) is 11.8 Å². The summed E-state index contributed by atoms with van der Waals surface area (Å²) in [4.78, 5) is 46.7. The van der Waals surface area contributed by atoms with Crippen molar-refractivity contribution in [3.05, 3.63) is 67.8 Å². The van der Waals surface area contributed by atoms with E-state index in [0.29, 0.717) is 61.9 Å². The topological polar surface area (TPSA) is 142 Å². The number of nitrogens with zero attached hydrogens (tertiary/aromatic N) is 4. The maximum Gasteiger partial charge on any atom is 0.341 e. The van der Waals surface area contributed by atoms with Gasteiger partial charge in [-0.2, -0.15) is 12.7 Å². The van der Waals surface area contributed by atoms with Gasteiger partial charge < -0.3 is 23.7 Å². The standard InChI is InChI=1S/C37H44FN5O8S/c1-20-11-31(41-10-9-40(3)24(17-41)19-49-4)21(2)34-33(20)26-7-8-42(18-29(26)37(46)51-34)36(45)27-14-32(50-25-5-6-25)28(13-30(27)38)35(44)39-52(47,48)43-15-22-12-23(22)16-43/h11,13-14,22-25H,5-10,12,15-19H2,1-4H3,(H,39,44)/t22?,23?,24-/m1/s1. The highest BCUT2D eigenvalue weighted by atomic mass is 32.2. The summed E-state index contributed by atoms with van der Waals surface area (Å²) in [6.45, 7) is 7.87. The third-order valence-electron chi connectivity index (χ3n) is 11.4. The molecule has 2 aromatic carbocycles. The first-order valence-corrected chi connectivity index (χ1v) is 19.4. The number of methoxy groups -OCH3 is 1. The van der Waals surface area contributed by atoms with Gasteiger partial charge in [0.15, 0.2) is 0 Å². The van der Waals surface area contributed by atoms with Gasteiger partial charge in [-0.25, -0.2) is 13.9 Å². The molecule has 13 nitrogen and oxygen atoms in total. The van der Waals surface area contributed by atoms with Crippen molar-refractivity contribution in [3.63, 3.8) is 0 Å². The van der Waals surface area contributed by atoms with Crippen LogP contribution in [0.15, 0.2) is 27.4 Å². The van der Waals surface area contributed by atoms with Crippen LogP contribution in [0.25, 0.3) is 11.0 Å². The van der Waals surface area contributed by atoms with E-state index in [0.717, 1.165) is 59.9 Å². The number of hydrogen-bond acceptors (Lipinski definition) is 10. The number of piperidine rings is 1. The van der Waals surface area contributed by atoms with Crippen LogP contribution in [0.3, 0.4) is 0 Å². The van der Waals surface area contributed by atoms with Gasteiger partial charge in [0, 0.05) is 63.0 Å². The molecule has 1 aromatic heterocycles. The van der Waals surface area contributed by atoms with Crippen molar-refractivity contribution >= 4 is 38.7 Å². The molecule has 3 aromatic rings. The van der Waals surface area contributed by atoms with Gasteiger partial charge >= 0.3 is 15.8 Å². The number of likely N-dealkylation sites (N-methyl/N-ethyl adjacent to an activating group) is 1. The van der Waals surface area contributed by atoms with Crippen molar-refractivity contribution in [2.45, 2.75) is 58.2 Å². The second-order valence-corrected chi connectivity index (χ2v) is 16.7. The van der Waals surface area contributed by atoms with E-state index in [2.05, 4.69) is 27.6 Å². The largest absolute Gasteiger partial charge is 0.490 e. The van der Waals surface area contributed by atoms with E-state index in [1.54, 1.807) is 7.11 Å². The Bertz CT molecular complexity index is 2140. The lowest BCUT2D eigenvalue weighted by atomic mass is 9.92. The van der Waals surface area contributed by atoms with E-state index in [1.165, 1.54) is 15.3 Å². The molecule has 2 amide bonds. The number of piperazine rings is 1. The summed E-state index contributed by atoms with van der Waals surface area (Å²) in [7, 11) is -0.338. The molecule has 0 radical (unpaired) electrons. The van der Waals surface area contributed by atoms with E-state index in [-0.39, 0.29) is 42.1 Å². The number of benzene rings is 2. The van der Waals surface area contributed by atoms with Crippen molar-refractivity contribution < 1.29 is 36.3 Å². The molecule has 0 bridgehead atoms. The zero-order valence-electron chi connectivity index (χ0n) is 29.9. The Hall–Kier alpha value is -4.05. The second kappa shape index (κ2) is 13.1. The third kappa shape index (κ3) is 6.35. The molecule has 2 aliphatic carbocycles. The van der Waals surface area contributed by atoms with Crippen molar-refractivity contribution in [3.8, 4) is 5.75 Å². The van der Waals surface area contributed by atoms with Crippen LogP contribution in [0.2, 0.25) is 0 Å². The fourth-order valence-corrected chi connectivity index (χ4v) is 9.36. The number of ether oxygens (including phenoxy) is 2. The van der Waals surface area contributed by atoms with Crippen molar-refractivity contribution in [1.82, 2.24) is 18.8 Å². The first kappa shape index (κ1) is 35.0. The van der Waals surface area contributed by atoms with Crippen LogP contribution < -0.4 is 20.0 Å². The summed E-state index contributed by atoms with van der Waals surface area (Å²) < 4.78 is 62.3. The predicted molar refractivity (Wildman–Crippen MR) is 191 cm³/mol. The first-order chi connectivity index (χ1) is 24.8. The first-order valence-electron chi connectivity index (χ1n) is 18.0. The molecule has 8 rings (SSSR count). The summed E-state index contributed by atoms with van der Waals surface area (Å²) in [6, 6.07) is 4.39. The number of nitrogens with one attached hydrogen (secondary N) is 1. The number of hydrogen-bond donors (Lipinski definition) is 1. The molecule has 2 saturated heterocycles. The minimum atomic E-state index is -4.13. The van der Waals surface area contributed by atoms with Crippen LogP contribution in [0, 0.1) is 31.5 Å². The van der Waals surface area contributed by atoms with E-state index in [9.17, 15) is 22.8 Å². The number of carbonyl (C=O) groups excluding carboxylic acids is 2. The van der Waals surface area contributed by atoms with Crippen molar-refractivity contribution in [2.24, 2.45) is 11.8 Å². The zero-order valence-corrected chi connectivity index (χ0v) is 30.7. The highest BCUT2D eigenvalue weighted by molar-refractivity contribution is 7.87. The molecule has 2 saturated carbocycles. The van der Waals surface area contributed by atoms with Gasteiger partial charge in [0.2, 0.25) is 0 Å². The van der Waals surface area contributed by atoms with E-state index in [4.69, 9.17) is 13.9 Å². The summed E-state index contributed by atoms with van der Waals surface area (Å²) in [5.41, 5.74) is 3.36. The van der Waals surface area contributed by atoms with Gasteiger partial charge in [-0.05, 0) is 87.7 Å². The molecule has 5 aliphatic rings. The molecule has 278 valence electrons. The van der Waals surface area contributed by atoms with Crippen molar-refractivity contribution in [1.29, 1.82) is 0 Å². The number of halogens is 1. The van der Waals surface area contributed by atoms with Crippen LogP contribution in [-0.4, -0.2) is 107 Å². The van der Waals surface area contributed by atoms with Crippen LogP contribution in [0.1, 0.15) is 62.2 Å². The molecule has 0 spiro atoms. The Morgan fingerprint density at radius 1 is 1.02 bits per heavy atom. The molecular weight excluding hydrogens is 693 g/mol. The number of aryl methyl sites for hydroxylation is 2. The highest BCUT2D eigenvalue weighted by Crippen LogP contribution is 2.45. The smallest absolute Gasteiger partial charge is 0.341 e. The predicted octanol–water partition coefficient (Wildman–Crippen LogP) is 2.98. The Labute approximate surface area is 301 Å². The molecule has 4 heterocycles.